The molecule has 3 aliphatic heterocycles. The van der Waals surface area contributed by atoms with Gasteiger partial charge in [0.25, 0.3) is 0 Å². The number of para-hydroxylation sites is 2. The number of carboxylic acids is 1. The highest BCUT2D eigenvalue weighted by Crippen LogP contribution is 2.44. The Hall–Kier alpha value is -4.74. The van der Waals surface area contributed by atoms with E-state index in [1.807, 2.05) is 12.1 Å². The number of carbonyl (C=O) groups is 1. The third-order valence-corrected chi connectivity index (χ3v) is 13.6. The van der Waals surface area contributed by atoms with Crippen molar-refractivity contribution in [3.05, 3.63) is 147 Å². The van der Waals surface area contributed by atoms with Crippen molar-refractivity contribution < 1.29 is 14.5 Å². The van der Waals surface area contributed by atoms with Gasteiger partial charge in [-0.1, -0.05) is 67.7 Å². The number of hydrogen-bond donors (Lipinski definition) is 0. The van der Waals surface area contributed by atoms with Crippen LogP contribution in [0.3, 0.4) is 0 Å². The van der Waals surface area contributed by atoms with E-state index in [9.17, 15) is 9.90 Å². The molecule has 0 aromatic heterocycles. The van der Waals surface area contributed by atoms with E-state index in [1.165, 1.54) is 55.4 Å². The summed E-state index contributed by atoms with van der Waals surface area (Å²) in [4.78, 5) is 14.5. The second kappa shape index (κ2) is 9.90. The first-order chi connectivity index (χ1) is 21.3. The second-order valence-corrected chi connectivity index (χ2v) is 17.2. The molecule has 0 N–H and O–H groups in total. The maximum absolute atomic E-state index is 12.0. The van der Waals surface area contributed by atoms with Gasteiger partial charge in [0.05, 0.1) is 5.97 Å². The number of fused-ring (bicyclic) bond motifs is 4. The monoisotopic (exact) mass is 590 g/mol. The summed E-state index contributed by atoms with van der Waals surface area (Å²) in [6.45, 7) is 8.95. The number of aromatic carboxylic acids is 1. The molecular weight excluding hydrogens is 557 g/mol. The first-order valence-corrected chi connectivity index (χ1v) is 18.5. The van der Waals surface area contributed by atoms with Crippen molar-refractivity contribution in [1.29, 1.82) is 0 Å². The van der Waals surface area contributed by atoms with Crippen LogP contribution in [-0.2, 0) is 12.8 Å². The van der Waals surface area contributed by atoms with Gasteiger partial charge in [0.2, 0.25) is 11.4 Å². The third-order valence-electron chi connectivity index (χ3n) is 10.0. The minimum atomic E-state index is -2.21. The summed E-state index contributed by atoms with van der Waals surface area (Å²) in [6, 6.07) is 29.8. The van der Waals surface area contributed by atoms with Crippen molar-refractivity contribution in [3.63, 3.8) is 0 Å². The predicted molar refractivity (Wildman–Crippen MR) is 179 cm³/mol. The van der Waals surface area contributed by atoms with Crippen LogP contribution in [0, 0.1) is 6.92 Å². The van der Waals surface area contributed by atoms with Crippen molar-refractivity contribution >= 4 is 47.6 Å². The molecule has 0 unspecified atom stereocenters. The second-order valence-electron chi connectivity index (χ2n) is 12.8. The molecule has 0 radical (unpaired) electrons. The summed E-state index contributed by atoms with van der Waals surface area (Å²) in [6.07, 6.45) is 9.06. The number of nitrogens with zero attached hydrogens (tertiary/aromatic N) is 2. The topological polar surface area (TPSA) is 46.4 Å². The van der Waals surface area contributed by atoms with E-state index in [0.717, 1.165) is 42.6 Å². The van der Waals surface area contributed by atoms with Crippen LogP contribution in [0.2, 0.25) is 13.1 Å². The minimum absolute atomic E-state index is 0.207. The summed E-state index contributed by atoms with van der Waals surface area (Å²) in [5.41, 5.74) is 13.6. The average molecular weight is 591 g/mol. The predicted octanol–water partition coefficient (Wildman–Crippen LogP) is 6.16. The van der Waals surface area contributed by atoms with Gasteiger partial charge >= 0.3 is 0 Å². The van der Waals surface area contributed by atoms with Crippen LogP contribution in [0.5, 0.6) is 0 Å². The van der Waals surface area contributed by atoms with Crippen LogP contribution in [0.15, 0.2) is 114 Å². The number of aryl methyl sites for hydroxylation is 1. The van der Waals surface area contributed by atoms with Crippen molar-refractivity contribution in [2.45, 2.75) is 32.9 Å². The summed E-state index contributed by atoms with van der Waals surface area (Å²) in [5, 5.41) is 14.8. The Labute approximate surface area is 259 Å². The molecule has 0 spiro atoms. The van der Waals surface area contributed by atoms with Crippen LogP contribution in [0.1, 0.15) is 38.2 Å². The molecule has 0 fully saturated rings. The SMILES string of the molecule is Cc1ccc(C(=O)[O-])cc1C1=C2C=CC(=[N+]3CCc4ccccc43)C=C2[Si](C)(C)c2cc(N3CCc4ccccc43)ccc21. The highest BCUT2D eigenvalue weighted by Gasteiger charge is 2.41. The van der Waals surface area contributed by atoms with Gasteiger partial charge in [-0.25, -0.2) is 0 Å². The summed E-state index contributed by atoms with van der Waals surface area (Å²) in [5.74, 6) is -1.15. The minimum Gasteiger partial charge on any atom is -0.545 e. The smallest absolute Gasteiger partial charge is 0.209 e. The van der Waals surface area contributed by atoms with Crippen LogP contribution >= 0.6 is 0 Å². The Morgan fingerprint density at radius 3 is 2.50 bits per heavy atom. The van der Waals surface area contributed by atoms with Crippen molar-refractivity contribution in [1.82, 2.24) is 0 Å². The van der Waals surface area contributed by atoms with Crippen LogP contribution < -0.4 is 15.2 Å². The maximum atomic E-state index is 12.0. The van der Waals surface area contributed by atoms with E-state index in [1.54, 1.807) is 6.07 Å². The van der Waals surface area contributed by atoms with Crippen molar-refractivity contribution in [3.8, 4) is 0 Å². The summed E-state index contributed by atoms with van der Waals surface area (Å²) < 4.78 is 2.45. The van der Waals surface area contributed by atoms with Crippen LogP contribution in [0.25, 0.3) is 5.57 Å². The molecule has 4 nitrogen and oxygen atoms in total. The van der Waals surface area contributed by atoms with Crippen LogP contribution in [-0.4, -0.2) is 37.4 Å². The lowest BCUT2D eigenvalue weighted by Gasteiger charge is -2.38. The van der Waals surface area contributed by atoms with Gasteiger partial charge in [-0.2, -0.15) is 4.58 Å². The molecule has 5 heteroatoms. The largest absolute Gasteiger partial charge is 0.545 e. The quantitative estimate of drug-likeness (QED) is 0.212. The molecule has 0 atom stereocenters. The Balaban J connectivity index is 1.37. The molecular formula is C39H34N2O2Si. The number of carbonyl (C=O) groups excluding carboxylic acids is 1. The average Bonchev–Trinajstić information content (AvgIpc) is 3.67. The van der Waals surface area contributed by atoms with Crippen molar-refractivity contribution in [2.24, 2.45) is 0 Å². The first-order valence-electron chi connectivity index (χ1n) is 15.5. The number of hydrogen-bond acceptors (Lipinski definition) is 3. The Morgan fingerprint density at radius 2 is 1.66 bits per heavy atom. The van der Waals surface area contributed by atoms with Gasteiger partial charge in [0.15, 0.2) is 6.54 Å². The summed E-state index contributed by atoms with van der Waals surface area (Å²) in [7, 11) is -2.21. The molecule has 216 valence electrons. The normalized spacial score (nSPS) is 19.3. The molecule has 0 amide bonds. The molecule has 0 saturated carbocycles. The van der Waals surface area contributed by atoms with Crippen LogP contribution in [0.4, 0.5) is 17.1 Å². The van der Waals surface area contributed by atoms with Gasteiger partial charge in [0.1, 0.15) is 8.07 Å². The molecule has 1 aliphatic carbocycles. The highest BCUT2D eigenvalue weighted by atomic mass is 28.3. The fraction of sp³-hybridized carbons (Fsp3) is 0.179. The first kappa shape index (κ1) is 26.9. The fourth-order valence-electron chi connectivity index (χ4n) is 7.68. The molecule has 8 rings (SSSR count). The van der Waals surface area contributed by atoms with E-state index in [-0.39, 0.29) is 5.56 Å². The van der Waals surface area contributed by atoms with Gasteiger partial charge < -0.3 is 14.8 Å². The Morgan fingerprint density at radius 1 is 0.864 bits per heavy atom. The lowest BCUT2D eigenvalue weighted by atomic mass is 9.86. The molecule has 0 saturated heterocycles. The van der Waals surface area contributed by atoms with Gasteiger partial charge in [0, 0.05) is 48.1 Å². The zero-order chi connectivity index (χ0) is 30.2. The Kier molecular flexibility index (Phi) is 6.04. The van der Waals surface area contributed by atoms with Crippen molar-refractivity contribution in [2.75, 3.05) is 18.0 Å². The number of allylic oxidation sites excluding steroid dienone is 5. The van der Waals surface area contributed by atoms with Gasteiger partial charge in [-0.3, -0.25) is 0 Å². The lowest BCUT2D eigenvalue weighted by molar-refractivity contribution is -0.427. The van der Waals surface area contributed by atoms with Gasteiger partial charge in [-0.05, 0) is 93.0 Å². The zero-order valence-electron chi connectivity index (χ0n) is 25.4. The van der Waals surface area contributed by atoms with E-state index in [4.69, 9.17) is 0 Å². The molecule has 4 aliphatic rings. The van der Waals surface area contributed by atoms with E-state index in [0.29, 0.717) is 0 Å². The number of rotatable bonds is 3. The Bertz CT molecular complexity index is 2040. The van der Waals surface area contributed by atoms with E-state index in [2.05, 4.69) is 114 Å². The fourth-order valence-corrected chi connectivity index (χ4v) is 10.8. The third kappa shape index (κ3) is 4.03. The molecule has 4 aromatic carbocycles. The number of anilines is 2. The van der Waals surface area contributed by atoms with E-state index >= 15 is 0 Å². The lowest BCUT2D eigenvalue weighted by Crippen LogP contribution is -2.49. The van der Waals surface area contributed by atoms with E-state index < -0.39 is 14.0 Å². The number of carboxylic acid groups (broad SMARTS) is 1. The molecule has 0 bridgehead atoms. The highest BCUT2D eigenvalue weighted by molar-refractivity contribution is 6.98. The molecule has 4 aromatic rings. The number of benzene rings is 4. The maximum Gasteiger partial charge on any atom is 0.209 e. The standard InChI is InChI=1S/C39H34N2O2Si/c1-25-12-13-28(39(42)43)22-33(25)38-31-16-14-29(40-20-18-26-8-4-6-10-34(26)40)23-36(31)44(2,3)37-24-30(15-17-32(37)38)41-21-19-27-9-5-7-11-35(27)41/h4-17,22-24H,18-21H2,1-3H3. The summed E-state index contributed by atoms with van der Waals surface area (Å²) >= 11 is 0. The molecule has 3 heterocycles. The zero-order valence-corrected chi connectivity index (χ0v) is 26.4. The molecule has 44 heavy (non-hydrogen) atoms. The van der Waals surface area contributed by atoms with Gasteiger partial charge in [-0.15, -0.1) is 0 Å².